The molecule has 0 heteroatoms. The van der Waals surface area contributed by atoms with E-state index in [-0.39, 0.29) is 43.3 Å². The first-order valence-corrected chi connectivity index (χ1v) is 33.0. The molecular formula is C88H100. The number of hydrogen-bond donors (Lipinski definition) is 0. The van der Waals surface area contributed by atoms with Gasteiger partial charge in [0.05, 0.1) is 0 Å². The molecule has 2 aliphatic rings. The van der Waals surface area contributed by atoms with E-state index in [0.29, 0.717) is 0 Å². The van der Waals surface area contributed by atoms with Gasteiger partial charge in [-0.3, -0.25) is 0 Å². The molecule has 0 nitrogen and oxygen atoms in total. The highest BCUT2D eigenvalue weighted by Gasteiger charge is 2.40. The van der Waals surface area contributed by atoms with Gasteiger partial charge in [-0.05, 0) is 234 Å². The lowest BCUT2D eigenvalue weighted by Crippen LogP contribution is -2.17. The molecule has 0 radical (unpaired) electrons. The predicted octanol–water partition coefficient (Wildman–Crippen LogP) is 26.1. The molecule has 10 aromatic rings. The Morgan fingerprint density at radius 1 is 0.205 bits per heavy atom. The zero-order valence-corrected chi connectivity index (χ0v) is 58.7. The van der Waals surface area contributed by atoms with Crippen LogP contribution in [0.2, 0.25) is 0 Å². The molecule has 0 saturated carbocycles. The molecule has 2 aliphatic carbocycles. The Hall–Kier alpha value is -7.02. The minimum atomic E-state index is -0.0764. The molecule has 452 valence electrons. The molecule has 0 atom stereocenters. The van der Waals surface area contributed by atoms with Crippen LogP contribution in [0.15, 0.2) is 133 Å². The van der Waals surface area contributed by atoms with E-state index in [4.69, 9.17) is 0 Å². The Labute approximate surface area is 530 Å². The van der Waals surface area contributed by atoms with Crippen molar-refractivity contribution in [2.75, 3.05) is 0 Å². The Balaban J connectivity index is 1.32. The summed E-state index contributed by atoms with van der Waals surface area (Å²) < 4.78 is 0. The van der Waals surface area contributed by atoms with Crippen molar-refractivity contribution in [3.05, 3.63) is 189 Å². The van der Waals surface area contributed by atoms with Gasteiger partial charge in [-0.1, -0.05) is 300 Å². The molecule has 0 aromatic heterocycles. The molecule has 0 fully saturated rings. The Bertz CT molecular complexity index is 4340. The van der Waals surface area contributed by atoms with E-state index in [9.17, 15) is 0 Å². The average Bonchev–Trinajstić information content (AvgIpc) is 1.49. The Morgan fingerprint density at radius 3 is 0.682 bits per heavy atom. The van der Waals surface area contributed by atoms with Crippen molar-refractivity contribution >= 4 is 32.3 Å². The summed E-state index contributed by atoms with van der Waals surface area (Å²) >= 11 is 0. The maximum atomic E-state index is 2.57. The first kappa shape index (κ1) is 61.2. The van der Waals surface area contributed by atoms with Crippen LogP contribution < -0.4 is 0 Å². The lowest BCUT2D eigenvalue weighted by atomic mass is 9.74. The number of rotatable bonds is 4. The van der Waals surface area contributed by atoms with E-state index in [2.05, 4.69) is 313 Å². The smallest absolute Gasteiger partial charge is 0.000730 e. The normalized spacial score (nSPS) is 13.8. The number of benzene rings is 10. The summed E-state index contributed by atoms with van der Waals surface area (Å²) in [5.74, 6) is 0. The molecular weight excluding hydrogens is 1060 g/mol. The molecule has 88 heavy (non-hydrogen) atoms. The number of aryl methyl sites for hydroxylation is 2. The van der Waals surface area contributed by atoms with Crippen molar-refractivity contribution in [2.24, 2.45) is 0 Å². The second-order valence-corrected chi connectivity index (χ2v) is 35.2. The third-order valence-electron chi connectivity index (χ3n) is 20.3. The second kappa shape index (κ2) is 19.7. The fourth-order valence-electron chi connectivity index (χ4n) is 14.4. The van der Waals surface area contributed by atoms with Crippen molar-refractivity contribution in [3.63, 3.8) is 0 Å². The summed E-state index contributed by atoms with van der Waals surface area (Å²) in [6.45, 7) is 62.0. The van der Waals surface area contributed by atoms with Crippen LogP contribution in [-0.4, -0.2) is 0 Å². The van der Waals surface area contributed by atoms with Crippen LogP contribution in [0.5, 0.6) is 0 Å². The van der Waals surface area contributed by atoms with Crippen LogP contribution >= 0.6 is 0 Å². The maximum absolute atomic E-state index is 2.57. The fourth-order valence-corrected chi connectivity index (χ4v) is 14.4. The highest BCUT2D eigenvalue weighted by Crippen LogP contribution is 2.65. The second-order valence-electron chi connectivity index (χ2n) is 35.2. The van der Waals surface area contributed by atoms with Gasteiger partial charge in [-0.15, -0.1) is 0 Å². The molecule has 0 unspecified atom stereocenters. The molecule has 12 rings (SSSR count). The minimum Gasteiger partial charge on any atom is -0.0616 e. The molecule has 0 N–H and O–H groups in total. The molecule has 0 saturated heterocycles. The monoisotopic (exact) mass is 1160 g/mol. The van der Waals surface area contributed by atoms with Gasteiger partial charge in [-0.25, -0.2) is 0 Å². The van der Waals surface area contributed by atoms with Gasteiger partial charge in [0, 0.05) is 0 Å². The molecule has 0 bridgehead atoms. The van der Waals surface area contributed by atoms with Crippen molar-refractivity contribution in [3.8, 4) is 89.0 Å². The van der Waals surface area contributed by atoms with Gasteiger partial charge in [0.2, 0.25) is 0 Å². The predicted molar refractivity (Wildman–Crippen MR) is 389 cm³/mol. The van der Waals surface area contributed by atoms with Crippen LogP contribution in [-0.2, 0) is 43.3 Å². The zero-order valence-electron chi connectivity index (χ0n) is 58.7. The van der Waals surface area contributed by atoms with Crippen LogP contribution in [0.3, 0.4) is 0 Å². The van der Waals surface area contributed by atoms with E-state index in [1.54, 1.807) is 0 Å². The van der Waals surface area contributed by atoms with Crippen LogP contribution in [0.1, 0.15) is 222 Å². The van der Waals surface area contributed by atoms with Crippen LogP contribution in [0, 0.1) is 13.8 Å². The number of hydrogen-bond acceptors (Lipinski definition) is 0. The Kier molecular flexibility index (Phi) is 13.7. The van der Waals surface area contributed by atoms with Crippen molar-refractivity contribution in [1.29, 1.82) is 0 Å². The van der Waals surface area contributed by atoms with E-state index in [1.807, 2.05) is 0 Å². The van der Waals surface area contributed by atoms with Gasteiger partial charge in [0.25, 0.3) is 0 Å². The highest BCUT2D eigenvalue weighted by atomic mass is 14.4. The summed E-state index contributed by atoms with van der Waals surface area (Å²) in [5, 5.41) is 8.02. The summed E-state index contributed by atoms with van der Waals surface area (Å²) in [7, 11) is 0. The first-order chi connectivity index (χ1) is 40.5. The van der Waals surface area contributed by atoms with Gasteiger partial charge in [0.1, 0.15) is 0 Å². The third kappa shape index (κ3) is 10.0. The number of fused-ring (bicyclic) bond motifs is 8. The zero-order chi connectivity index (χ0) is 64.0. The minimum absolute atomic E-state index is 0.0705. The van der Waals surface area contributed by atoms with Gasteiger partial charge in [-0.2, -0.15) is 0 Å². The SMILES string of the molecule is Cc1ccc2c(-c3cc(C(C)(C)C)cc(C(C)(C)C)c3)c3c(c(-c4cc(C(C)(C)C)cc(C(C)(C)C)c4)c2c1C)-c1ccc2c4c(ccc-3c14)-c1c-2c(-c2cc(C(C)(C)C)cc(C(C)(C)C)c2)c2ccccc2c1-c1cc(C(C)(C)C)cc(C(C)(C)C)c1. The topological polar surface area (TPSA) is 0 Å². The molecule has 0 amide bonds. The lowest BCUT2D eigenvalue weighted by Gasteiger charge is -2.29. The maximum Gasteiger partial charge on any atom is -0.000730 e. The lowest BCUT2D eigenvalue weighted by molar-refractivity contribution is 0.568. The van der Waals surface area contributed by atoms with Gasteiger partial charge < -0.3 is 0 Å². The van der Waals surface area contributed by atoms with Crippen LogP contribution in [0.4, 0.5) is 0 Å². The summed E-state index contributed by atoms with van der Waals surface area (Å²) in [6, 6.07) is 55.0. The van der Waals surface area contributed by atoms with Gasteiger partial charge >= 0.3 is 0 Å². The van der Waals surface area contributed by atoms with Crippen molar-refractivity contribution < 1.29 is 0 Å². The highest BCUT2D eigenvalue weighted by molar-refractivity contribution is 6.35. The van der Waals surface area contributed by atoms with Crippen molar-refractivity contribution in [1.82, 2.24) is 0 Å². The fraction of sp³-hybridized carbons (Fsp3) is 0.386. The molecule has 0 aliphatic heterocycles. The van der Waals surface area contributed by atoms with Gasteiger partial charge in [0.15, 0.2) is 0 Å². The van der Waals surface area contributed by atoms with E-state index >= 15 is 0 Å². The molecule has 10 aromatic carbocycles. The van der Waals surface area contributed by atoms with Crippen LogP contribution in [0.25, 0.3) is 121 Å². The Morgan fingerprint density at radius 2 is 0.432 bits per heavy atom. The molecule has 0 spiro atoms. The quantitative estimate of drug-likeness (QED) is 0.165. The summed E-state index contributed by atoms with van der Waals surface area (Å²) in [4.78, 5) is 0. The average molecular weight is 1160 g/mol. The summed E-state index contributed by atoms with van der Waals surface area (Å²) in [5.41, 5.74) is 34.3. The van der Waals surface area contributed by atoms with E-state index in [1.165, 1.54) is 177 Å². The van der Waals surface area contributed by atoms with E-state index < -0.39 is 0 Å². The standard InChI is InChI=1S/C88H100/c1-49-31-32-65-70(50(49)2)74(54-43-61(87(21,22)23)48-62(44-54)88(24,25)26)80-69-36-35-67-75-66(33-34-68(76(69)75)79(80)73(65)53-41-59(85(15,16)17)47-60(42-53)86(18,19)20)77-71(51-37-55(81(3,4)5)45-56(38-51)82(6,7)8)63-29-27-28-30-64(63)72(78(67)77)52-39-57(83(9,10)11)46-58(40-52)84(12,13)14/h27-48H,1-26H3. The van der Waals surface area contributed by atoms with E-state index in [0.717, 1.165) is 0 Å². The van der Waals surface area contributed by atoms with Crippen molar-refractivity contribution in [2.45, 2.75) is 223 Å². The summed E-state index contributed by atoms with van der Waals surface area (Å²) in [6.07, 6.45) is 0. The first-order valence-electron chi connectivity index (χ1n) is 33.0. The largest absolute Gasteiger partial charge is 0.0616 e. The third-order valence-corrected chi connectivity index (χ3v) is 20.3. The molecule has 0 heterocycles.